The van der Waals surface area contributed by atoms with Gasteiger partial charge in [-0.25, -0.2) is 4.39 Å². The van der Waals surface area contributed by atoms with E-state index in [9.17, 15) is 19.1 Å². The van der Waals surface area contributed by atoms with Crippen molar-refractivity contribution in [1.29, 1.82) is 0 Å². The van der Waals surface area contributed by atoms with Gasteiger partial charge in [0.2, 0.25) is 0 Å². The lowest BCUT2D eigenvalue weighted by Gasteiger charge is -2.09. The van der Waals surface area contributed by atoms with E-state index in [-0.39, 0.29) is 23.4 Å². The van der Waals surface area contributed by atoms with E-state index in [1.807, 2.05) is 12.1 Å². The molecule has 3 heterocycles. The highest BCUT2D eigenvalue weighted by molar-refractivity contribution is 6.01. The fourth-order valence-electron chi connectivity index (χ4n) is 3.29. The van der Waals surface area contributed by atoms with Gasteiger partial charge in [-0.2, -0.15) is 0 Å². The molecule has 0 aliphatic carbocycles. The predicted molar refractivity (Wildman–Crippen MR) is 114 cm³/mol. The van der Waals surface area contributed by atoms with Crippen molar-refractivity contribution in [2.24, 2.45) is 0 Å². The Morgan fingerprint density at radius 2 is 1.90 bits per heavy atom. The van der Waals surface area contributed by atoms with E-state index in [4.69, 9.17) is 0 Å². The summed E-state index contributed by atoms with van der Waals surface area (Å²) in [5.74, 6) is -1.48. The molecule has 0 atom stereocenters. The lowest BCUT2D eigenvalue weighted by molar-refractivity contribution is 0.0950. The van der Waals surface area contributed by atoms with Crippen molar-refractivity contribution >= 4 is 16.9 Å². The maximum Gasteiger partial charge on any atom is 0.265 e. The van der Waals surface area contributed by atoms with Crippen molar-refractivity contribution in [3.8, 4) is 5.75 Å². The molecule has 156 valence electrons. The molecular weight excluding hydrogens is 399 g/mol. The summed E-state index contributed by atoms with van der Waals surface area (Å²) in [6, 6.07) is 13.2. The summed E-state index contributed by atoms with van der Waals surface area (Å²) in [6.45, 7) is 0.261. The summed E-state index contributed by atoms with van der Waals surface area (Å²) in [5.41, 5.74) is 1.78. The minimum atomic E-state index is -0.707. The normalized spacial score (nSPS) is 10.9. The second kappa shape index (κ2) is 8.74. The van der Waals surface area contributed by atoms with Crippen LogP contribution in [0, 0.1) is 5.82 Å². The van der Waals surface area contributed by atoms with Crippen LogP contribution in [-0.4, -0.2) is 32.5 Å². The van der Waals surface area contributed by atoms with Crippen LogP contribution >= 0.6 is 0 Å². The largest absolute Gasteiger partial charge is 0.505 e. The molecule has 0 saturated carbocycles. The number of carbonyl (C=O) groups is 1. The molecule has 0 aliphatic rings. The molecule has 3 aromatic heterocycles. The van der Waals surface area contributed by atoms with Gasteiger partial charge in [-0.1, -0.05) is 18.2 Å². The fourth-order valence-corrected chi connectivity index (χ4v) is 3.29. The number of H-pyrrole nitrogens is 1. The third kappa shape index (κ3) is 4.58. The molecule has 0 aliphatic heterocycles. The maximum absolute atomic E-state index is 13.1. The van der Waals surface area contributed by atoms with Crippen molar-refractivity contribution in [3.63, 3.8) is 0 Å². The highest BCUT2D eigenvalue weighted by Crippen LogP contribution is 2.24. The number of halogens is 1. The molecule has 0 bridgehead atoms. The molecule has 1 aromatic carbocycles. The first kappa shape index (κ1) is 20.2. The summed E-state index contributed by atoms with van der Waals surface area (Å²) in [7, 11) is 0. The molecule has 0 spiro atoms. The highest BCUT2D eigenvalue weighted by Gasteiger charge is 2.20. The van der Waals surface area contributed by atoms with Crippen molar-refractivity contribution in [1.82, 2.24) is 20.3 Å². The number of carbonyl (C=O) groups excluding carboxylic acids is 1. The molecule has 0 radical (unpaired) electrons. The number of amides is 1. The Morgan fingerprint density at radius 3 is 2.65 bits per heavy atom. The van der Waals surface area contributed by atoms with E-state index in [0.29, 0.717) is 18.4 Å². The number of pyridine rings is 3. The predicted octanol–water partition coefficient (Wildman–Crippen LogP) is 2.73. The number of hydrogen-bond acceptors (Lipinski definition) is 5. The number of nitrogens with zero attached hydrogens (tertiary/aromatic N) is 2. The van der Waals surface area contributed by atoms with Crippen LogP contribution in [0.25, 0.3) is 11.0 Å². The molecule has 3 N–H and O–H groups in total. The zero-order valence-electron chi connectivity index (χ0n) is 16.4. The van der Waals surface area contributed by atoms with Crippen molar-refractivity contribution < 1.29 is 14.3 Å². The second-order valence-electron chi connectivity index (χ2n) is 7.05. The van der Waals surface area contributed by atoms with Crippen LogP contribution in [0.15, 0.2) is 65.7 Å². The lowest BCUT2D eigenvalue weighted by atomic mass is 10.1. The van der Waals surface area contributed by atoms with Crippen LogP contribution in [-0.2, 0) is 12.8 Å². The first-order chi connectivity index (χ1) is 15.0. The fraction of sp³-hybridized carbons (Fsp3) is 0.130. The Bertz CT molecular complexity index is 1290. The number of hydrogen-bond donors (Lipinski definition) is 3. The number of fused-ring (bicyclic) bond motifs is 1. The molecule has 0 unspecified atom stereocenters. The summed E-state index contributed by atoms with van der Waals surface area (Å²) in [5, 5.41) is 13.2. The molecule has 31 heavy (non-hydrogen) atoms. The minimum Gasteiger partial charge on any atom is -0.505 e. The van der Waals surface area contributed by atoms with E-state index in [1.165, 1.54) is 12.1 Å². The van der Waals surface area contributed by atoms with Gasteiger partial charge in [-0.15, -0.1) is 0 Å². The van der Waals surface area contributed by atoms with Crippen LogP contribution in [0.3, 0.4) is 0 Å². The SMILES string of the molecule is O=C(NCCc1ccccn1)c1c(O)c2ncc(Cc3ccc(F)cc3)cc2[nH]c1=O. The van der Waals surface area contributed by atoms with Crippen LogP contribution in [0.5, 0.6) is 5.75 Å². The van der Waals surface area contributed by atoms with Gasteiger partial charge in [0, 0.05) is 31.1 Å². The number of nitrogens with one attached hydrogen (secondary N) is 2. The monoisotopic (exact) mass is 418 g/mol. The Hall–Kier alpha value is -4.07. The van der Waals surface area contributed by atoms with Gasteiger partial charge in [0.25, 0.3) is 11.5 Å². The smallest absolute Gasteiger partial charge is 0.265 e. The zero-order chi connectivity index (χ0) is 21.8. The quantitative estimate of drug-likeness (QED) is 0.446. The number of aromatic nitrogens is 3. The number of benzene rings is 1. The first-order valence-corrected chi connectivity index (χ1v) is 9.67. The van der Waals surface area contributed by atoms with Crippen LogP contribution in [0.1, 0.15) is 27.2 Å². The minimum absolute atomic E-state index is 0.123. The Kier molecular flexibility index (Phi) is 5.70. The molecule has 7 nitrogen and oxygen atoms in total. The Morgan fingerprint density at radius 1 is 1.10 bits per heavy atom. The maximum atomic E-state index is 13.1. The summed E-state index contributed by atoms with van der Waals surface area (Å²) < 4.78 is 13.1. The van der Waals surface area contributed by atoms with Crippen LogP contribution < -0.4 is 10.9 Å². The van der Waals surface area contributed by atoms with Crippen molar-refractivity contribution in [2.45, 2.75) is 12.8 Å². The van der Waals surface area contributed by atoms with E-state index < -0.39 is 17.2 Å². The van der Waals surface area contributed by atoms with Gasteiger partial charge in [-0.05, 0) is 47.9 Å². The molecule has 1 amide bonds. The first-order valence-electron chi connectivity index (χ1n) is 9.67. The van der Waals surface area contributed by atoms with Crippen molar-refractivity contribution in [3.05, 3.63) is 99.5 Å². The second-order valence-corrected chi connectivity index (χ2v) is 7.05. The average Bonchev–Trinajstić information content (AvgIpc) is 2.76. The molecule has 0 fully saturated rings. The Labute approximate surface area is 176 Å². The highest BCUT2D eigenvalue weighted by atomic mass is 19.1. The number of aromatic amines is 1. The number of aromatic hydroxyl groups is 1. The number of rotatable bonds is 6. The van der Waals surface area contributed by atoms with E-state index in [0.717, 1.165) is 16.8 Å². The average molecular weight is 418 g/mol. The zero-order valence-corrected chi connectivity index (χ0v) is 16.4. The summed E-state index contributed by atoms with van der Waals surface area (Å²) in [6.07, 6.45) is 4.17. The molecular formula is C23H19FN4O3. The summed E-state index contributed by atoms with van der Waals surface area (Å²) >= 11 is 0. The van der Waals surface area contributed by atoms with E-state index in [2.05, 4.69) is 20.3 Å². The van der Waals surface area contributed by atoms with Gasteiger partial charge in [0.15, 0.2) is 5.75 Å². The topological polar surface area (TPSA) is 108 Å². The molecule has 8 heteroatoms. The van der Waals surface area contributed by atoms with Gasteiger partial charge in [0.05, 0.1) is 5.52 Å². The lowest BCUT2D eigenvalue weighted by Crippen LogP contribution is -2.31. The summed E-state index contributed by atoms with van der Waals surface area (Å²) in [4.78, 5) is 36.0. The Balaban J connectivity index is 1.54. The van der Waals surface area contributed by atoms with Gasteiger partial charge in [-0.3, -0.25) is 19.6 Å². The molecule has 0 saturated heterocycles. The molecule has 4 aromatic rings. The van der Waals surface area contributed by atoms with Gasteiger partial charge < -0.3 is 15.4 Å². The third-order valence-electron chi connectivity index (χ3n) is 4.82. The van der Waals surface area contributed by atoms with Crippen LogP contribution in [0.2, 0.25) is 0 Å². The van der Waals surface area contributed by atoms with Crippen LogP contribution in [0.4, 0.5) is 4.39 Å². The van der Waals surface area contributed by atoms with E-state index in [1.54, 1.807) is 36.7 Å². The molecule has 4 rings (SSSR count). The standard InChI is InChI=1S/C23H19FN4O3/c24-16-6-4-14(5-7-16)11-15-12-18-20(27-13-15)21(29)19(23(31)28-18)22(30)26-10-8-17-3-1-2-9-25-17/h1-7,9,12-13H,8,10-11H2,(H,26,30)(H2,28,29,31). The third-order valence-corrected chi connectivity index (χ3v) is 4.82. The van der Waals surface area contributed by atoms with Gasteiger partial charge >= 0.3 is 0 Å². The van der Waals surface area contributed by atoms with E-state index >= 15 is 0 Å². The van der Waals surface area contributed by atoms with Gasteiger partial charge in [0.1, 0.15) is 16.9 Å². The van der Waals surface area contributed by atoms with Crippen molar-refractivity contribution in [2.75, 3.05) is 6.54 Å².